The van der Waals surface area contributed by atoms with Crippen LogP contribution >= 0.6 is 0 Å². The fourth-order valence-corrected chi connectivity index (χ4v) is 13.2. The van der Waals surface area contributed by atoms with Gasteiger partial charge in [0.05, 0.1) is 77.4 Å². The first-order valence-electron chi connectivity index (χ1n) is 25.7. The second kappa shape index (κ2) is 15.0. The normalized spacial score (nSPS) is 12.8. The number of benzene rings is 10. The van der Waals surface area contributed by atoms with E-state index in [1.807, 2.05) is 18.2 Å². The van der Waals surface area contributed by atoms with E-state index in [0.717, 1.165) is 129 Å². The molecule has 0 N–H and O–H groups in total. The van der Waals surface area contributed by atoms with Crippen molar-refractivity contribution < 1.29 is 8.83 Å². The highest BCUT2D eigenvalue weighted by atomic mass is 16.3. The fraction of sp³-hybridized carbons (Fsp3) is 0.0294. The van der Waals surface area contributed by atoms with Crippen LogP contribution in [0.4, 0.5) is 0 Å². The minimum atomic E-state index is 0.417. The van der Waals surface area contributed by atoms with Crippen molar-refractivity contribution in [3.8, 4) is 34.9 Å². The van der Waals surface area contributed by atoms with Crippen LogP contribution in [0, 0.1) is 22.7 Å². The first-order valence-corrected chi connectivity index (χ1v) is 25.7. The third kappa shape index (κ3) is 5.28. The molecule has 352 valence electrons. The molecule has 76 heavy (non-hydrogen) atoms. The first-order chi connectivity index (χ1) is 37.6. The molecular formula is C68H38N6O2. The number of hydrogen-bond acceptors (Lipinski definition) is 4. The van der Waals surface area contributed by atoms with Crippen molar-refractivity contribution >= 4 is 126 Å². The summed E-state index contributed by atoms with van der Waals surface area (Å²) < 4.78 is 23.0. The van der Waals surface area contributed by atoms with Gasteiger partial charge in [-0.3, -0.25) is 0 Å². The molecule has 0 unspecified atom stereocenters. The number of para-hydroxylation sites is 5. The second-order valence-electron chi connectivity index (χ2n) is 20.1. The topological polar surface area (TPSA) is 93.6 Å². The van der Waals surface area contributed by atoms with Gasteiger partial charge in [-0.05, 0) is 122 Å². The molecule has 6 aromatic heterocycles. The van der Waals surface area contributed by atoms with Crippen molar-refractivity contribution in [3.05, 3.63) is 223 Å². The van der Waals surface area contributed by atoms with E-state index >= 15 is 0 Å². The van der Waals surface area contributed by atoms with Gasteiger partial charge in [0, 0.05) is 65.4 Å². The summed E-state index contributed by atoms with van der Waals surface area (Å²) in [6.07, 6.45) is 6.10. The molecule has 6 heterocycles. The lowest BCUT2D eigenvalue weighted by Gasteiger charge is -2.19. The number of rotatable bonds is 4. The maximum absolute atomic E-state index is 11.5. The van der Waals surface area contributed by atoms with Gasteiger partial charge < -0.3 is 27.1 Å². The number of furan rings is 2. The van der Waals surface area contributed by atoms with Gasteiger partial charge in [0.25, 0.3) is 0 Å². The van der Waals surface area contributed by atoms with Crippen molar-refractivity contribution in [2.75, 3.05) is 0 Å². The molecular weight excluding hydrogens is 933 g/mol. The van der Waals surface area contributed by atoms with E-state index in [-0.39, 0.29) is 0 Å². The number of aryl methyl sites for hydroxylation is 1. The van der Waals surface area contributed by atoms with E-state index in [4.69, 9.17) is 8.83 Å². The van der Waals surface area contributed by atoms with Crippen molar-refractivity contribution in [2.24, 2.45) is 0 Å². The number of nitriles is 2. The molecule has 0 spiro atoms. The molecule has 0 aliphatic heterocycles. The van der Waals surface area contributed by atoms with E-state index in [2.05, 4.69) is 206 Å². The Hall–Kier alpha value is -10.5. The Morgan fingerprint density at radius 2 is 0.803 bits per heavy atom. The molecule has 17 rings (SSSR count). The summed E-state index contributed by atoms with van der Waals surface area (Å²) in [6, 6.07) is 73.1. The maximum Gasteiger partial charge on any atom is 0.145 e. The summed E-state index contributed by atoms with van der Waals surface area (Å²) in [5, 5.41) is 34.5. The summed E-state index contributed by atoms with van der Waals surface area (Å²) in [5.74, 6) is 0.876. The van der Waals surface area contributed by atoms with E-state index in [1.165, 1.54) is 27.1 Å². The van der Waals surface area contributed by atoms with Crippen LogP contribution in [-0.4, -0.2) is 18.3 Å². The summed E-state index contributed by atoms with van der Waals surface area (Å²) in [7, 11) is 0. The molecule has 1 aliphatic rings. The third-order valence-electron chi connectivity index (χ3n) is 16.3. The molecule has 8 nitrogen and oxygen atoms in total. The van der Waals surface area contributed by atoms with Crippen LogP contribution in [0.1, 0.15) is 28.9 Å². The van der Waals surface area contributed by atoms with Crippen molar-refractivity contribution in [2.45, 2.75) is 12.8 Å². The monoisotopic (exact) mass is 970 g/mol. The zero-order chi connectivity index (χ0) is 49.9. The van der Waals surface area contributed by atoms with Crippen molar-refractivity contribution in [1.29, 1.82) is 10.5 Å². The number of fused-ring (bicyclic) bond motifs is 20. The van der Waals surface area contributed by atoms with Crippen LogP contribution in [-0.2, 0) is 6.42 Å². The first kappa shape index (κ1) is 41.0. The molecule has 8 heteroatoms. The Labute approximate surface area is 432 Å². The van der Waals surface area contributed by atoms with Gasteiger partial charge in [0.2, 0.25) is 0 Å². The van der Waals surface area contributed by atoms with Crippen LogP contribution in [0.2, 0.25) is 0 Å². The Morgan fingerprint density at radius 3 is 1.32 bits per heavy atom. The molecule has 0 bridgehead atoms. The summed E-state index contributed by atoms with van der Waals surface area (Å²) in [4.78, 5) is 0. The quantitative estimate of drug-likeness (QED) is 0.176. The summed E-state index contributed by atoms with van der Waals surface area (Å²) >= 11 is 0. The van der Waals surface area contributed by atoms with Crippen LogP contribution < -0.4 is 0 Å². The van der Waals surface area contributed by atoms with E-state index in [9.17, 15) is 10.5 Å². The van der Waals surface area contributed by atoms with Crippen LogP contribution in [0.15, 0.2) is 209 Å². The highest BCUT2D eigenvalue weighted by molar-refractivity contribution is 6.25. The zero-order valence-corrected chi connectivity index (χ0v) is 40.5. The molecule has 0 atom stereocenters. The Bertz CT molecular complexity index is 5290. The van der Waals surface area contributed by atoms with E-state index in [0.29, 0.717) is 22.5 Å². The smallest absolute Gasteiger partial charge is 0.145 e. The minimum Gasteiger partial charge on any atom is -0.456 e. The van der Waals surface area contributed by atoms with Gasteiger partial charge in [-0.15, -0.1) is 0 Å². The summed E-state index contributed by atoms with van der Waals surface area (Å²) in [5.41, 5.74) is 15.4. The molecule has 1 aliphatic carbocycles. The van der Waals surface area contributed by atoms with Crippen molar-refractivity contribution in [3.63, 3.8) is 0 Å². The number of nitrogens with zero attached hydrogens (tertiary/aromatic N) is 6. The predicted molar refractivity (Wildman–Crippen MR) is 308 cm³/mol. The Balaban J connectivity index is 1.02. The Morgan fingerprint density at radius 1 is 0.368 bits per heavy atom. The molecule has 10 aromatic carbocycles. The maximum atomic E-state index is 11.5. The predicted octanol–water partition coefficient (Wildman–Crippen LogP) is 17.4. The van der Waals surface area contributed by atoms with E-state index < -0.39 is 0 Å². The van der Waals surface area contributed by atoms with Crippen LogP contribution in [0.3, 0.4) is 0 Å². The second-order valence-corrected chi connectivity index (χ2v) is 20.1. The average Bonchev–Trinajstić information content (AvgIpc) is 4.52. The molecule has 0 radical (unpaired) electrons. The highest BCUT2D eigenvalue weighted by Crippen LogP contribution is 2.48. The molecule has 0 saturated heterocycles. The largest absolute Gasteiger partial charge is 0.456 e. The van der Waals surface area contributed by atoms with Gasteiger partial charge in [0.15, 0.2) is 0 Å². The third-order valence-corrected chi connectivity index (χ3v) is 16.3. The zero-order valence-electron chi connectivity index (χ0n) is 40.5. The number of aromatic nitrogens is 4. The van der Waals surface area contributed by atoms with Gasteiger partial charge >= 0.3 is 0 Å². The lowest BCUT2D eigenvalue weighted by Crippen LogP contribution is -2.08. The molecule has 16 aromatic rings. The molecule has 0 amide bonds. The number of allylic oxidation sites excluding steroid dienone is 1. The van der Waals surface area contributed by atoms with E-state index in [1.54, 1.807) is 12.1 Å². The van der Waals surface area contributed by atoms with Crippen molar-refractivity contribution in [1.82, 2.24) is 18.3 Å². The van der Waals surface area contributed by atoms with Gasteiger partial charge in [-0.1, -0.05) is 97.1 Å². The van der Waals surface area contributed by atoms with Crippen LogP contribution in [0.25, 0.3) is 149 Å². The highest BCUT2D eigenvalue weighted by Gasteiger charge is 2.29. The molecule has 0 saturated carbocycles. The lowest BCUT2D eigenvalue weighted by molar-refractivity contribution is 0.598. The fourth-order valence-electron chi connectivity index (χ4n) is 13.2. The average molecular weight is 971 g/mol. The van der Waals surface area contributed by atoms with Gasteiger partial charge in [-0.2, -0.15) is 10.5 Å². The van der Waals surface area contributed by atoms with Gasteiger partial charge in [-0.25, -0.2) is 0 Å². The lowest BCUT2D eigenvalue weighted by atomic mass is 10.00. The summed E-state index contributed by atoms with van der Waals surface area (Å²) in [6.45, 7) is 0. The minimum absolute atomic E-state index is 0.417. The van der Waals surface area contributed by atoms with Gasteiger partial charge in [0.1, 0.15) is 34.6 Å². The SMILES string of the molecule is N#Cc1ccc(C#N)c(-n2c3ccc(-n4c5ccccc5c5ccccc54)cc3c3c4oc5ccccc5c4ccc32)c1-n1c2ccc(-n3c4ccccc4c4ccccc43)cc2c2c3oc4c(c3ccc21)CCC=C4. The molecule has 0 fully saturated rings. The Kier molecular flexibility index (Phi) is 8.10. The van der Waals surface area contributed by atoms with Crippen LogP contribution in [0.5, 0.6) is 0 Å². The number of hydrogen-bond donors (Lipinski definition) is 0. The standard InChI is InChI=1S/C68H38N6O2/c69-37-39-25-26-40(38-70)66(74-58-32-28-42(72-55-21-9-3-15-45(55)46-16-4-10-22-56(46)72)36-52(58)64-60(74)34-30-50-48-18-6-12-24-62(48)76-68(50)64)65(39)73-57-31-27-41(71-53-19-7-1-13-43(53)44-14-2-8-20-54(44)71)35-51(57)63-59(73)33-29-49-47-17-5-11-23-61(47)75-67(49)63/h1-5,7-17,19-36H,6,18H2.